The molecular formula is C25H24N2O3S2. The third kappa shape index (κ3) is 4.59. The number of carbonyl (C=O) groups excluding carboxylic acids is 1. The van der Waals surface area contributed by atoms with Gasteiger partial charge in [-0.3, -0.25) is 9.69 Å². The summed E-state index contributed by atoms with van der Waals surface area (Å²) in [5.74, 6) is 0.0165. The van der Waals surface area contributed by atoms with Crippen molar-refractivity contribution in [3.63, 3.8) is 0 Å². The summed E-state index contributed by atoms with van der Waals surface area (Å²) < 4.78 is 25.1. The molecule has 0 aliphatic heterocycles. The summed E-state index contributed by atoms with van der Waals surface area (Å²) in [7, 11) is -3.43. The molecule has 0 bridgehead atoms. The zero-order chi connectivity index (χ0) is 22.9. The molecule has 0 fully saturated rings. The lowest BCUT2D eigenvalue weighted by molar-refractivity contribution is 0.0985. The van der Waals surface area contributed by atoms with Gasteiger partial charge < -0.3 is 0 Å². The van der Waals surface area contributed by atoms with Gasteiger partial charge in [0.25, 0.3) is 5.91 Å². The van der Waals surface area contributed by atoms with Crippen LogP contribution in [-0.2, 0) is 16.4 Å². The molecule has 4 aromatic rings. The second-order valence-corrected chi connectivity index (χ2v) is 11.0. The lowest BCUT2D eigenvalue weighted by Crippen LogP contribution is -2.30. The van der Waals surface area contributed by atoms with Crippen LogP contribution >= 0.6 is 11.3 Å². The topological polar surface area (TPSA) is 67.3 Å². The van der Waals surface area contributed by atoms with Gasteiger partial charge in [0.2, 0.25) is 0 Å². The van der Waals surface area contributed by atoms with Crippen LogP contribution in [0.5, 0.6) is 0 Å². The van der Waals surface area contributed by atoms with Gasteiger partial charge in [-0.2, -0.15) is 0 Å². The van der Waals surface area contributed by atoms with Crippen molar-refractivity contribution in [2.75, 3.05) is 11.2 Å². The molecule has 32 heavy (non-hydrogen) atoms. The predicted molar refractivity (Wildman–Crippen MR) is 130 cm³/mol. The van der Waals surface area contributed by atoms with Crippen molar-refractivity contribution < 1.29 is 13.2 Å². The number of para-hydroxylation sites is 1. The molecular weight excluding hydrogens is 440 g/mol. The molecule has 0 unspecified atom stereocenters. The third-order valence-electron chi connectivity index (χ3n) is 5.23. The SMILES string of the molecule is CC(C)c1cccc2sc(N(Cc3ccccc3)C(=O)c3cccc(S(C)(=O)=O)c3)nc12. The molecule has 0 saturated carbocycles. The highest BCUT2D eigenvalue weighted by atomic mass is 32.2. The first-order chi connectivity index (χ1) is 15.2. The van der Waals surface area contributed by atoms with Gasteiger partial charge >= 0.3 is 0 Å². The number of benzene rings is 3. The number of fused-ring (bicyclic) bond motifs is 1. The summed E-state index contributed by atoms with van der Waals surface area (Å²) in [6.07, 6.45) is 1.14. The van der Waals surface area contributed by atoms with Crippen molar-refractivity contribution in [2.24, 2.45) is 0 Å². The van der Waals surface area contributed by atoms with Crippen molar-refractivity contribution in [1.82, 2.24) is 4.98 Å². The number of carbonyl (C=O) groups is 1. The van der Waals surface area contributed by atoms with E-state index < -0.39 is 9.84 Å². The summed E-state index contributed by atoms with van der Waals surface area (Å²) in [5.41, 5.74) is 3.31. The number of nitrogens with zero attached hydrogens (tertiary/aromatic N) is 2. The second-order valence-electron chi connectivity index (χ2n) is 8.02. The first-order valence-electron chi connectivity index (χ1n) is 10.3. The van der Waals surface area contributed by atoms with Crippen molar-refractivity contribution in [2.45, 2.75) is 31.2 Å². The summed E-state index contributed by atoms with van der Waals surface area (Å²) in [6, 6.07) is 22.0. The maximum Gasteiger partial charge on any atom is 0.260 e. The average molecular weight is 465 g/mol. The molecule has 0 aliphatic carbocycles. The molecule has 1 heterocycles. The first-order valence-corrected chi connectivity index (χ1v) is 13.0. The lowest BCUT2D eigenvalue weighted by atomic mass is 10.0. The minimum Gasteiger partial charge on any atom is -0.279 e. The Balaban J connectivity index is 1.82. The zero-order valence-corrected chi connectivity index (χ0v) is 19.8. The molecule has 0 aliphatic rings. The van der Waals surface area contributed by atoms with Crippen LogP contribution in [0.3, 0.4) is 0 Å². The molecule has 1 aromatic heterocycles. The Bertz CT molecular complexity index is 1380. The van der Waals surface area contributed by atoms with E-state index in [4.69, 9.17) is 4.98 Å². The first kappa shape index (κ1) is 22.2. The minimum atomic E-state index is -3.43. The average Bonchev–Trinajstić information content (AvgIpc) is 3.21. The summed E-state index contributed by atoms with van der Waals surface area (Å²) in [4.78, 5) is 20.2. The summed E-state index contributed by atoms with van der Waals surface area (Å²) in [6.45, 7) is 4.58. The minimum absolute atomic E-state index is 0.120. The lowest BCUT2D eigenvalue weighted by Gasteiger charge is -2.20. The quantitative estimate of drug-likeness (QED) is 0.369. The van der Waals surface area contributed by atoms with Gasteiger partial charge in [0.05, 0.1) is 21.7 Å². The Hall–Kier alpha value is -3.03. The molecule has 3 aromatic carbocycles. The molecule has 164 valence electrons. The number of rotatable bonds is 6. The third-order valence-corrected chi connectivity index (χ3v) is 7.38. The Morgan fingerprint density at radius 1 is 1.00 bits per heavy atom. The Morgan fingerprint density at radius 2 is 1.72 bits per heavy atom. The molecule has 0 radical (unpaired) electrons. The molecule has 5 nitrogen and oxygen atoms in total. The van der Waals surface area contributed by atoms with Crippen molar-refractivity contribution in [3.05, 3.63) is 89.5 Å². The molecule has 0 saturated heterocycles. The van der Waals surface area contributed by atoms with E-state index in [0.29, 0.717) is 23.2 Å². The maximum absolute atomic E-state index is 13.6. The van der Waals surface area contributed by atoms with E-state index >= 15 is 0 Å². The normalized spacial score (nSPS) is 11.8. The van der Waals surface area contributed by atoms with Gasteiger partial charge in [-0.1, -0.05) is 73.7 Å². The van der Waals surface area contributed by atoms with Crippen LogP contribution in [0.15, 0.2) is 77.7 Å². The highest BCUT2D eigenvalue weighted by molar-refractivity contribution is 7.90. The number of sulfone groups is 1. The number of hydrogen-bond donors (Lipinski definition) is 0. The van der Waals surface area contributed by atoms with Crippen molar-refractivity contribution >= 4 is 42.4 Å². The van der Waals surface area contributed by atoms with Crippen molar-refractivity contribution in [3.8, 4) is 0 Å². The van der Waals surface area contributed by atoms with Gasteiger partial charge in [-0.15, -0.1) is 0 Å². The van der Waals surface area contributed by atoms with Crippen LogP contribution in [0.2, 0.25) is 0 Å². The number of aromatic nitrogens is 1. The number of anilines is 1. The van der Waals surface area contributed by atoms with Gasteiger partial charge in [0, 0.05) is 11.8 Å². The number of hydrogen-bond acceptors (Lipinski definition) is 5. The van der Waals surface area contributed by atoms with Crippen LogP contribution in [0.4, 0.5) is 5.13 Å². The Labute approximate surface area is 192 Å². The van der Waals surface area contributed by atoms with Crippen LogP contribution in [0, 0.1) is 0 Å². The summed E-state index contributed by atoms with van der Waals surface area (Å²) >= 11 is 1.46. The van der Waals surface area contributed by atoms with Crippen LogP contribution in [0.1, 0.15) is 41.3 Å². The van der Waals surface area contributed by atoms with Gasteiger partial charge in [-0.25, -0.2) is 13.4 Å². The molecule has 7 heteroatoms. The standard InChI is InChI=1S/C25H24N2O3S2/c1-17(2)21-13-8-14-22-23(21)26-25(31-22)27(16-18-9-5-4-6-10-18)24(28)19-11-7-12-20(15-19)32(3,29)30/h4-15,17H,16H2,1-3H3. The number of thiazole rings is 1. The van der Waals surface area contributed by atoms with Crippen LogP contribution in [-0.4, -0.2) is 25.6 Å². The van der Waals surface area contributed by atoms with Crippen molar-refractivity contribution in [1.29, 1.82) is 0 Å². The number of amides is 1. The maximum atomic E-state index is 13.6. The highest BCUT2D eigenvalue weighted by Crippen LogP contribution is 2.34. The van der Waals surface area contributed by atoms with E-state index in [9.17, 15) is 13.2 Å². The molecule has 0 spiro atoms. The van der Waals surface area contributed by atoms with E-state index in [-0.39, 0.29) is 10.8 Å². The van der Waals surface area contributed by atoms with E-state index in [2.05, 4.69) is 19.9 Å². The largest absolute Gasteiger partial charge is 0.279 e. The fourth-order valence-corrected chi connectivity index (χ4v) is 5.21. The molecule has 4 rings (SSSR count). The molecule has 0 atom stereocenters. The summed E-state index contributed by atoms with van der Waals surface area (Å²) in [5, 5.41) is 0.590. The van der Waals surface area contributed by atoms with E-state index in [1.807, 2.05) is 42.5 Å². The zero-order valence-electron chi connectivity index (χ0n) is 18.1. The fourth-order valence-electron chi connectivity index (χ4n) is 3.55. The second kappa shape index (κ2) is 8.84. The van der Waals surface area contributed by atoms with Crippen LogP contribution in [0.25, 0.3) is 10.2 Å². The smallest absolute Gasteiger partial charge is 0.260 e. The van der Waals surface area contributed by atoms with E-state index in [1.54, 1.807) is 17.0 Å². The predicted octanol–water partition coefficient (Wildman–Crippen LogP) is 5.67. The molecule has 1 amide bonds. The fraction of sp³-hybridized carbons (Fsp3) is 0.200. The Kier molecular flexibility index (Phi) is 6.13. The van der Waals surface area contributed by atoms with Gasteiger partial charge in [-0.05, 0) is 41.3 Å². The molecule has 0 N–H and O–H groups in total. The van der Waals surface area contributed by atoms with E-state index in [1.165, 1.54) is 23.5 Å². The Morgan fingerprint density at radius 3 is 2.41 bits per heavy atom. The van der Waals surface area contributed by atoms with Gasteiger partial charge in [0.1, 0.15) is 0 Å². The highest BCUT2D eigenvalue weighted by Gasteiger charge is 2.24. The van der Waals surface area contributed by atoms with E-state index in [0.717, 1.165) is 27.6 Å². The van der Waals surface area contributed by atoms with Crippen LogP contribution < -0.4 is 4.90 Å². The van der Waals surface area contributed by atoms with Gasteiger partial charge in [0.15, 0.2) is 15.0 Å². The monoisotopic (exact) mass is 464 g/mol.